The van der Waals surface area contributed by atoms with Gasteiger partial charge in [-0.3, -0.25) is 0 Å². The molecule has 3 nitrogen and oxygen atoms in total. The van der Waals surface area contributed by atoms with Gasteiger partial charge in [-0.1, -0.05) is 57.5 Å². The lowest BCUT2D eigenvalue weighted by atomic mass is 9.95. The fourth-order valence-electron chi connectivity index (χ4n) is 2.57. The second-order valence-electron chi connectivity index (χ2n) is 5.02. The molecule has 1 aromatic heterocycles. The zero-order chi connectivity index (χ0) is 15.0. The van der Waals surface area contributed by atoms with E-state index in [1.165, 1.54) is 0 Å². The Bertz CT molecular complexity index is 788. The third-order valence-corrected chi connectivity index (χ3v) is 4.26. The van der Waals surface area contributed by atoms with E-state index in [1.807, 2.05) is 30.3 Å². The van der Waals surface area contributed by atoms with Crippen molar-refractivity contribution in [1.29, 1.82) is 0 Å². The monoisotopic (exact) mass is 342 g/mol. The Morgan fingerprint density at radius 1 is 0.952 bits per heavy atom. The van der Waals surface area contributed by atoms with E-state index in [4.69, 9.17) is 10.3 Å². The van der Waals surface area contributed by atoms with Gasteiger partial charge in [0.1, 0.15) is 0 Å². The summed E-state index contributed by atoms with van der Waals surface area (Å²) in [6.45, 7) is 4.12. The van der Waals surface area contributed by atoms with Crippen molar-refractivity contribution in [2.75, 3.05) is 5.73 Å². The SMILES string of the molecule is Cc1cccc(C)c1-c1onc(N)c1-c1ccccc1Br. The zero-order valence-electron chi connectivity index (χ0n) is 11.9. The van der Waals surface area contributed by atoms with Gasteiger partial charge in [-0.25, -0.2) is 0 Å². The van der Waals surface area contributed by atoms with Gasteiger partial charge < -0.3 is 10.3 Å². The average molecular weight is 343 g/mol. The van der Waals surface area contributed by atoms with Crippen molar-refractivity contribution in [2.45, 2.75) is 13.8 Å². The second kappa shape index (κ2) is 5.37. The molecule has 0 atom stereocenters. The van der Waals surface area contributed by atoms with Gasteiger partial charge in [0, 0.05) is 15.6 Å². The minimum Gasteiger partial charge on any atom is -0.380 e. The quantitative estimate of drug-likeness (QED) is 0.715. The molecular formula is C17H15BrN2O. The van der Waals surface area contributed by atoms with Crippen LogP contribution in [-0.4, -0.2) is 5.16 Å². The molecule has 0 spiro atoms. The average Bonchev–Trinajstić information content (AvgIpc) is 2.81. The summed E-state index contributed by atoms with van der Waals surface area (Å²) in [5, 5.41) is 3.97. The van der Waals surface area contributed by atoms with Crippen LogP contribution in [0.25, 0.3) is 22.5 Å². The first kappa shape index (κ1) is 13.9. The number of hydrogen-bond acceptors (Lipinski definition) is 3. The first-order valence-corrected chi connectivity index (χ1v) is 7.45. The lowest BCUT2D eigenvalue weighted by Gasteiger charge is -2.09. The maximum absolute atomic E-state index is 6.05. The van der Waals surface area contributed by atoms with Crippen molar-refractivity contribution < 1.29 is 4.52 Å². The fraction of sp³-hybridized carbons (Fsp3) is 0.118. The maximum atomic E-state index is 6.05. The van der Waals surface area contributed by atoms with Crippen LogP contribution in [0.1, 0.15) is 11.1 Å². The summed E-state index contributed by atoms with van der Waals surface area (Å²) in [5.74, 6) is 1.12. The number of nitrogens with two attached hydrogens (primary N) is 1. The van der Waals surface area contributed by atoms with Crippen molar-refractivity contribution in [3.05, 3.63) is 58.1 Å². The summed E-state index contributed by atoms with van der Waals surface area (Å²) in [6, 6.07) is 14.1. The molecule has 21 heavy (non-hydrogen) atoms. The zero-order valence-corrected chi connectivity index (χ0v) is 13.4. The smallest absolute Gasteiger partial charge is 0.177 e. The van der Waals surface area contributed by atoms with E-state index in [9.17, 15) is 0 Å². The van der Waals surface area contributed by atoms with Gasteiger partial charge in [-0.15, -0.1) is 0 Å². The van der Waals surface area contributed by atoms with Gasteiger partial charge in [0.15, 0.2) is 11.6 Å². The number of halogens is 1. The third kappa shape index (κ3) is 2.36. The van der Waals surface area contributed by atoms with Crippen molar-refractivity contribution in [1.82, 2.24) is 5.16 Å². The summed E-state index contributed by atoms with van der Waals surface area (Å²) < 4.78 is 6.52. The van der Waals surface area contributed by atoms with E-state index in [0.717, 1.165) is 38.1 Å². The number of aryl methyl sites for hydroxylation is 2. The van der Waals surface area contributed by atoms with Crippen molar-refractivity contribution in [2.24, 2.45) is 0 Å². The molecule has 0 saturated heterocycles. The summed E-state index contributed by atoms with van der Waals surface area (Å²) in [4.78, 5) is 0. The lowest BCUT2D eigenvalue weighted by Crippen LogP contribution is -1.92. The first-order chi connectivity index (χ1) is 10.1. The van der Waals surface area contributed by atoms with Gasteiger partial charge in [-0.2, -0.15) is 0 Å². The molecule has 0 bridgehead atoms. The Morgan fingerprint density at radius 3 is 2.29 bits per heavy atom. The number of nitrogen functional groups attached to an aromatic ring is 1. The van der Waals surface area contributed by atoms with E-state index < -0.39 is 0 Å². The summed E-state index contributed by atoms with van der Waals surface area (Å²) in [7, 11) is 0. The Morgan fingerprint density at radius 2 is 1.62 bits per heavy atom. The highest BCUT2D eigenvalue weighted by Crippen LogP contribution is 2.41. The van der Waals surface area contributed by atoms with Crippen LogP contribution in [0.5, 0.6) is 0 Å². The van der Waals surface area contributed by atoms with Crippen molar-refractivity contribution in [3.8, 4) is 22.5 Å². The molecule has 0 saturated carbocycles. The predicted molar refractivity (Wildman–Crippen MR) is 89.0 cm³/mol. The fourth-order valence-corrected chi connectivity index (χ4v) is 3.05. The van der Waals surface area contributed by atoms with Crippen molar-refractivity contribution >= 4 is 21.7 Å². The largest absolute Gasteiger partial charge is 0.380 e. The number of anilines is 1. The Hall–Kier alpha value is -2.07. The van der Waals surface area contributed by atoms with Crippen LogP contribution in [0.4, 0.5) is 5.82 Å². The molecule has 2 aromatic carbocycles. The number of rotatable bonds is 2. The van der Waals surface area contributed by atoms with Crippen LogP contribution in [0.3, 0.4) is 0 Å². The summed E-state index contributed by atoms with van der Waals surface area (Å²) in [6.07, 6.45) is 0. The van der Waals surface area contributed by atoms with E-state index in [0.29, 0.717) is 5.82 Å². The first-order valence-electron chi connectivity index (χ1n) is 6.66. The molecule has 106 valence electrons. The molecule has 1 heterocycles. The molecule has 0 radical (unpaired) electrons. The minimum atomic E-state index is 0.402. The van der Waals surface area contributed by atoms with Crippen LogP contribution in [0, 0.1) is 13.8 Å². The second-order valence-corrected chi connectivity index (χ2v) is 5.87. The molecule has 0 aliphatic carbocycles. The Kier molecular flexibility index (Phi) is 3.55. The molecule has 0 unspecified atom stereocenters. The number of aromatic nitrogens is 1. The maximum Gasteiger partial charge on any atom is 0.177 e. The van der Waals surface area contributed by atoms with Crippen LogP contribution in [-0.2, 0) is 0 Å². The molecular weight excluding hydrogens is 328 g/mol. The Labute approximate surface area is 131 Å². The number of nitrogens with zero attached hydrogens (tertiary/aromatic N) is 1. The van der Waals surface area contributed by atoms with Gasteiger partial charge in [0.05, 0.1) is 5.56 Å². The summed E-state index contributed by atoms with van der Waals surface area (Å²) >= 11 is 3.57. The minimum absolute atomic E-state index is 0.402. The molecule has 3 aromatic rings. The van der Waals surface area contributed by atoms with Crippen LogP contribution in [0.2, 0.25) is 0 Å². The molecule has 3 rings (SSSR count). The standard InChI is InChI=1S/C17H15BrN2O/c1-10-6-5-7-11(2)14(10)16-15(17(19)20-21-16)12-8-3-4-9-13(12)18/h3-9H,1-2H3,(H2,19,20). The highest BCUT2D eigenvalue weighted by atomic mass is 79.9. The molecule has 0 amide bonds. The number of benzene rings is 2. The third-order valence-electron chi connectivity index (χ3n) is 3.57. The van der Waals surface area contributed by atoms with Gasteiger partial charge in [-0.05, 0) is 31.0 Å². The summed E-state index contributed by atoms with van der Waals surface area (Å²) in [5.41, 5.74) is 11.2. The van der Waals surface area contributed by atoms with Crippen molar-refractivity contribution in [3.63, 3.8) is 0 Å². The van der Waals surface area contributed by atoms with Crippen LogP contribution in [0.15, 0.2) is 51.5 Å². The normalized spacial score (nSPS) is 10.8. The number of hydrogen-bond donors (Lipinski definition) is 1. The molecule has 4 heteroatoms. The van der Waals surface area contributed by atoms with E-state index in [2.05, 4.69) is 47.1 Å². The molecule has 0 fully saturated rings. The highest BCUT2D eigenvalue weighted by Gasteiger charge is 2.21. The topological polar surface area (TPSA) is 52.0 Å². The Balaban J connectivity index is 2.31. The van der Waals surface area contributed by atoms with Crippen LogP contribution < -0.4 is 5.73 Å². The molecule has 0 aliphatic heterocycles. The van der Waals surface area contributed by atoms with Gasteiger partial charge in [0.25, 0.3) is 0 Å². The van der Waals surface area contributed by atoms with E-state index in [1.54, 1.807) is 0 Å². The highest BCUT2D eigenvalue weighted by molar-refractivity contribution is 9.10. The lowest BCUT2D eigenvalue weighted by molar-refractivity contribution is 0.435. The molecule has 0 aliphatic rings. The van der Waals surface area contributed by atoms with E-state index in [-0.39, 0.29) is 0 Å². The molecule has 2 N–H and O–H groups in total. The van der Waals surface area contributed by atoms with E-state index >= 15 is 0 Å². The predicted octanol–water partition coefficient (Wildman–Crippen LogP) is 4.97. The van der Waals surface area contributed by atoms with Crippen LogP contribution >= 0.6 is 15.9 Å². The van der Waals surface area contributed by atoms with Gasteiger partial charge >= 0.3 is 0 Å². The van der Waals surface area contributed by atoms with Gasteiger partial charge in [0.2, 0.25) is 0 Å².